The highest BCUT2D eigenvalue weighted by molar-refractivity contribution is 5.42. The lowest BCUT2D eigenvalue weighted by Gasteiger charge is -2.17. The average molecular weight is 299 g/mol. The van der Waals surface area contributed by atoms with Gasteiger partial charge in [0, 0.05) is 24.2 Å². The molecule has 116 valence electrons. The van der Waals surface area contributed by atoms with Gasteiger partial charge in [0.25, 0.3) is 0 Å². The van der Waals surface area contributed by atoms with Crippen molar-refractivity contribution in [3.63, 3.8) is 0 Å². The molecule has 0 amide bonds. The minimum atomic E-state index is 0.486. The van der Waals surface area contributed by atoms with Crippen molar-refractivity contribution in [1.29, 1.82) is 0 Å². The third kappa shape index (κ3) is 3.54. The summed E-state index contributed by atoms with van der Waals surface area (Å²) in [5.41, 5.74) is 2.05. The monoisotopic (exact) mass is 299 g/mol. The lowest BCUT2D eigenvalue weighted by Crippen LogP contribution is -2.18. The molecule has 0 N–H and O–H groups in total. The number of aryl methyl sites for hydroxylation is 1. The number of aromatic nitrogens is 2. The second-order valence-corrected chi connectivity index (χ2v) is 5.57. The number of benzene rings is 1. The van der Waals surface area contributed by atoms with Crippen LogP contribution in [0.1, 0.15) is 24.1 Å². The van der Waals surface area contributed by atoms with Crippen LogP contribution in [0.3, 0.4) is 0 Å². The zero-order valence-corrected chi connectivity index (χ0v) is 13.1. The van der Waals surface area contributed by atoms with Gasteiger partial charge in [-0.15, -0.1) is 5.10 Å². The van der Waals surface area contributed by atoms with Crippen molar-refractivity contribution in [2.75, 3.05) is 20.2 Å². The summed E-state index contributed by atoms with van der Waals surface area (Å²) in [7, 11) is 1.69. The van der Waals surface area contributed by atoms with Gasteiger partial charge >= 0.3 is 0 Å². The van der Waals surface area contributed by atoms with Gasteiger partial charge in [-0.05, 0) is 45.0 Å². The van der Waals surface area contributed by atoms with E-state index in [4.69, 9.17) is 9.47 Å². The predicted molar refractivity (Wildman–Crippen MR) is 84.3 cm³/mol. The van der Waals surface area contributed by atoms with Crippen LogP contribution in [0.4, 0.5) is 0 Å². The molecule has 0 atom stereocenters. The van der Waals surface area contributed by atoms with E-state index in [-0.39, 0.29) is 0 Å². The SMILES string of the molecule is COc1cc(Oc2ccc(C)nn2)ccc1CN1CCCC1. The smallest absolute Gasteiger partial charge is 0.238 e. The van der Waals surface area contributed by atoms with Crippen molar-refractivity contribution in [2.24, 2.45) is 0 Å². The molecule has 0 aliphatic carbocycles. The van der Waals surface area contributed by atoms with Gasteiger partial charge in [-0.1, -0.05) is 6.07 Å². The van der Waals surface area contributed by atoms with Crippen LogP contribution in [0.5, 0.6) is 17.4 Å². The summed E-state index contributed by atoms with van der Waals surface area (Å²) < 4.78 is 11.2. The van der Waals surface area contributed by atoms with Crippen LogP contribution in [0.15, 0.2) is 30.3 Å². The number of hydrogen-bond acceptors (Lipinski definition) is 5. The molecule has 5 nitrogen and oxygen atoms in total. The summed E-state index contributed by atoms with van der Waals surface area (Å²) in [6.07, 6.45) is 2.57. The van der Waals surface area contributed by atoms with E-state index in [2.05, 4.69) is 21.2 Å². The Labute approximate surface area is 130 Å². The Morgan fingerprint density at radius 2 is 1.91 bits per heavy atom. The van der Waals surface area contributed by atoms with Gasteiger partial charge in [0.15, 0.2) is 0 Å². The third-order valence-corrected chi connectivity index (χ3v) is 3.85. The molecule has 0 unspecified atom stereocenters. The number of nitrogens with zero attached hydrogens (tertiary/aromatic N) is 3. The predicted octanol–water partition coefficient (Wildman–Crippen LogP) is 3.18. The fourth-order valence-corrected chi connectivity index (χ4v) is 2.66. The molecule has 0 spiro atoms. The van der Waals surface area contributed by atoms with E-state index in [9.17, 15) is 0 Å². The molecule has 0 bridgehead atoms. The van der Waals surface area contributed by atoms with E-state index in [1.807, 2.05) is 31.2 Å². The maximum absolute atomic E-state index is 5.73. The quantitative estimate of drug-likeness (QED) is 0.848. The first-order chi connectivity index (χ1) is 10.7. The number of hydrogen-bond donors (Lipinski definition) is 0. The lowest BCUT2D eigenvalue weighted by molar-refractivity contribution is 0.320. The molecule has 1 aromatic carbocycles. The minimum absolute atomic E-state index is 0.486. The Morgan fingerprint density at radius 3 is 2.59 bits per heavy atom. The van der Waals surface area contributed by atoms with Gasteiger partial charge in [0.05, 0.1) is 12.8 Å². The van der Waals surface area contributed by atoms with E-state index in [0.717, 1.165) is 18.0 Å². The maximum atomic E-state index is 5.73. The van der Waals surface area contributed by atoms with Crippen molar-refractivity contribution in [1.82, 2.24) is 15.1 Å². The third-order valence-electron chi connectivity index (χ3n) is 3.85. The van der Waals surface area contributed by atoms with Crippen LogP contribution in [0.25, 0.3) is 0 Å². The molecule has 1 aromatic heterocycles. The molecule has 1 fully saturated rings. The van der Waals surface area contributed by atoms with Crippen molar-refractivity contribution >= 4 is 0 Å². The summed E-state index contributed by atoms with van der Waals surface area (Å²) in [5, 5.41) is 8.00. The van der Waals surface area contributed by atoms with E-state index >= 15 is 0 Å². The fourth-order valence-electron chi connectivity index (χ4n) is 2.66. The highest BCUT2D eigenvalue weighted by atomic mass is 16.5. The first-order valence-electron chi connectivity index (χ1n) is 7.62. The second-order valence-electron chi connectivity index (χ2n) is 5.57. The Balaban J connectivity index is 1.74. The molecule has 1 aliphatic heterocycles. The number of ether oxygens (including phenoxy) is 2. The van der Waals surface area contributed by atoms with Crippen molar-refractivity contribution in [2.45, 2.75) is 26.3 Å². The molecule has 0 radical (unpaired) electrons. The largest absolute Gasteiger partial charge is 0.496 e. The molecule has 0 saturated carbocycles. The van der Waals surface area contributed by atoms with E-state index in [1.165, 1.54) is 31.5 Å². The van der Waals surface area contributed by atoms with Crippen molar-refractivity contribution in [3.05, 3.63) is 41.6 Å². The van der Waals surface area contributed by atoms with Crippen LogP contribution in [-0.2, 0) is 6.54 Å². The first kappa shape index (κ1) is 14.8. The van der Waals surface area contributed by atoms with Gasteiger partial charge in [0.1, 0.15) is 11.5 Å². The normalized spacial score (nSPS) is 15.0. The summed E-state index contributed by atoms with van der Waals surface area (Å²) >= 11 is 0. The molecular weight excluding hydrogens is 278 g/mol. The Bertz CT molecular complexity index is 622. The molecular formula is C17H21N3O2. The first-order valence-corrected chi connectivity index (χ1v) is 7.62. The highest BCUT2D eigenvalue weighted by Gasteiger charge is 2.15. The minimum Gasteiger partial charge on any atom is -0.496 e. The topological polar surface area (TPSA) is 47.5 Å². The van der Waals surface area contributed by atoms with E-state index in [0.29, 0.717) is 11.6 Å². The van der Waals surface area contributed by atoms with Crippen LogP contribution in [0.2, 0.25) is 0 Å². The zero-order chi connectivity index (χ0) is 15.4. The fraction of sp³-hybridized carbons (Fsp3) is 0.412. The highest BCUT2D eigenvalue weighted by Crippen LogP contribution is 2.29. The van der Waals surface area contributed by atoms with Crippen LogP contribution in [0, 0.1) is 6.92 Å². The number of methoxy groups -OCH3 is 1. The standard InChI is InChI=1S/C17H21N3O2/c1-13-5-8-17(19-18-13)22-15-7-6-14(16(11-15)21-2)12-20-9-3-4-10-20/h5-8,11H,3-4,9-10,12H2,1-2H3. The summed E-state index contributed by atoms with van der Waals surface area (Å²) in [6, 6.07) is 9.62. The molecule has 3 rings (SSSR count). The Morgan fingerprint density at radius 1 is 1.09 bits per heavy atom. The van der Waals surface area contributed by atoms with Crippen LogP contribution in [-0.4, -0.2) is 35.3 Å². The van der Waals surface area contributed by atoms with Gasteiger partial charge < -0.3 is 9.47 Å². The molecule has 5 heteroatoms. The summed E-state index contributed by atoms with van der Waals surface area (Å²) in [5.74, 6) is 2.05. The molecule has 22 heavy (non-hydrogen) atoms. The molecule has 2 heterocycles. The number of likely N-dealkylation sites (tertiary alicyclic amines) is 1. The lowest BCUT2D eigenvalue weighted by atomic mass is 10.2. The van der Waals surface area contributed by atoms with Crippen LogP contribution >= 0.6 is 0 Å². The summed E-state index contributed by atoms with van der Waals surface area (Å²) in [6.45, 7) is 5.15. The zero-order valence-electron chi connectivity index (χ0n) is 13.1. The maximum Gasteiger partial charge on any atom is 0.238 e. The van der Waals surface area contributed by atoms with Gasteiger partial charge in [0.2, 0.25) is 5.88 Å². The van der Waals surface area contributed by atoms with Crippen molar-refractivity contribution in [3.8, 4) is 17.4 Å². The van der Waals surface area contributed by atoms with Gasteiger partial charge in [-0.2, -0.15) is 5.10 Å². The van der Waals surface area contributed by atoms with Gasteiger partial charge in [-0.25, -0.2) is 0 Å². The Kier molecular flexibility index (Phi) is 4.53. The molecule has 1 aliphatic rings. The second kappa shape index (κ2) is 6.75. The number of rotatable bonds is 5. The van der Waals surface area contributed by atoms with Crippen molar-refractivity contribution < 1.29 is 9.47 Å². The van der Waals surface area contributed by atoms with E-state index < -0.39 is 0 Å². The molecule has 2 aromatic rings. The average Bonchev–Trinajstić information content (AvgIpc) is 3.04. The van der Waals surface area contributed by atoms with E-state index in [1.54, 1.807) is 7.11 Å². The van der Waals surface area contributed by atoms with Gasteiger partial charge in [-0.3, -0.25) is 4.90 Å². The Hall–Kier alpha value is -2.14. The summed E-state index contributed by atoms with van der Waals surface area (Å²) in [4.78, 5) is 2.45. The van der Waals surface area contributed by atoms with Crippen LogP contribution < -0.4 is 9.47 Å². The molecule has 1 saturated heterocycles.